The smallest absolute Gasteiger partial charge is 0.0992 e. The fourth-order valence-corrected chi connectivity index (χ4v) is 2.74. The lowest BCUT2D eigenvalue weighted by Gasteiger charge is -2.24. The maximum atomic E-state index is 9.91. The van der Waals surface area contributed by atoms with Crippen LogP contribution in [0.5, 0.6) is 0 Å². The summed E-state index contributed by atoms with van der Waals surface area (Å²) >= 11 is 3.47. The zero-order valence-corrected chi connectivity index (χ0v) is 13.6. The molecule has 0 aliphatic rings. The molecule has 0 amide bonds. The van der Waals surface area contributed by atoms with Crippen LogP contribution in [0.25, 0.3) is 0 Å². The van der Waals surface area contributed by atoms with Crippen molar-refractivity contribution in [3.63, 3.8) is 0 Å². The first kappa shape index (κ1) is 15.6. The van der Waals surface area contributed by atoms with Gasteiger partial charge in [0.1, 0.15) is 0 Å². The SMILES string of the molecule is C[C@H](O)c1ccc(C#N)cc1N(C)Cc1cccc(Br)c1. The number of aliphatic hydroxyl groups is 1. The van der Waals surface area contributed by atoms with Crippen molar-refractivity contribution in [1.29, 1.82) is 5.26 Å². The number of rotatable bonds is 4. The van der Waals surface area contributed by atoms with Crippen molar-refractivity contribution in [1.82, 2.24) is 0 Å². The second-order valence-electron chi connectivity index (χ2n) is 5.05. The molecule has 0 aliphatic carbocycles. The van der Waals surface area contributed by atoms with Crippen molar-refractivity contribution < 1.29 is 5.11 Å². The van der Waals surface area contributed by atoms with Crippen molar-refractivity contribution >= 4 is 21.6 Å². The Labute approximate surface area is 133 Å². The maximum absolute atomic E-state index is 9.91. The Kier molecular flexibility index (Phi) is 5.00. The Hall–Kier alpha value is -1.83. The Morgan fingerprint density at radius 2 is 2.05 bits per heavy atom. The Morgan fingerprint density at radius 1 is 1.29 bits per heavy atom. The van der Waals surface area contributed by atoms with Gasteiger partial charge in [0.2, 0.25) is 0 Å². The van der Waals surface area contributed by atoms with Gasteiger partial charge in [-0.3, -0.25) is 0 Å². The van der Waals surface area contributed by atoms with Gasteiger partial charge >= 0.3 is 0 Å². The number of benzene rings is 2. The number of hydrogen-bond acceptors (Lipinski definition) is 3. The molecule has 108 valence electrons. The predicted molar refractivity (Wildman–Crippen MR) is 88.0 cm³/mol. The Balaban J connectivity index is 2.33. The fourth-order valence-electron chi connectivity index (χ4n) is 2.29. The summed E-state index contributed by atoms with van der Waals surface area (Å²) in [5.74, 6) is 0. The zero-order chi connectivity index (χ0) is 15.4. The molecule has 0 aromatic heterocycles. The molecule has 2 aromatic carbocycles. The van der Waals surface area contributed by atoms with Gasteiger partial charge in [0, 0.05) is 29.3 Å². The van der Waals surface area contributed by atoms with Gasteiger partial charge in [-0.2, -0.15) is 5.26 Å². The quantitative estimate of drug-likeness (QED) is 0.911. The van der Waals surface area contributed by atoms with E-state index in [1.54, 1.807) is 13.0 Å². The van der Waals surface area contributed by atoms with Crippen LogP contribution in [-0.2, 0) is 6.54 Å². The van der Waals surface area contributed by atoms with Crippen molar-refractivity contribution in [3.05, 3.63) is 63.6 Å². The number of aliphatic hydroxyl groups excluding tert-OH is 1. The van der Waals surface area contributed by atoms with Gasteiger partial charge in [-0.15, -0.1) is 0 Å². The number of nitriles is 1. The molecule has 0 bridgehead atoms. The summed E-state index contributed by atoms with van der Waals surface area (Å²) in [6.07, 6.45) is -0.572. The van der Waals surface area contributed by atoms with Gasteiger partial charge in [-0.1, -0.05) is 34.1 Å². The molecule has 0 saturated carbocycles. The molecule has 2 aromatic rings. The van der Waals surface area contributed by atoms with Crippen molar-refractivity contribution in [3.8, 4) is 6.07 Å². The highest BCUT2D eigenvalue weighted by molar-refractivity contribution is 9.10. The van der Waals surface area contributed by atoms with Gasteiger partial charge < -0.3 is 10.0 Å². The number of anilines is 1. The minimum atomic E-state index is -0.572. The van der Waals surface area contributed by atoms with Crippen LogP contribution in [-0.4, -0.2) is 12.2 Å². The van der Waals surface area contributed by atoms with Crippen molar-refractivity contribution in [2.45, 2.75) is 19.6 Å². The first-order valence-electron chi connectivity index (χ1n) is 6.69. The van der Waals surface area contributed by atoms with Crippen molar-refractivity contribution in [2.24, 2.45) is 0 Å². The van der Waals surface area contributed by atoms with E-state index in [1.807, 2.05) is 36.2 Å². The largest absolute Gasteiger partial charge is 0.389 e. The van der Waals surface area contributed by atoms with Crippen LogP contribution in [0.2, 0.25) is 0 Å². The minimum absolute atomic E-state index is 0.572. The van der Waals surface area contributed by atoms with E-state index in [4.69, 9.17) is 5.26 Å². The lowest BCUT2D eigenvalue weighted by molar-refractivity contribution is 0.199. The zero-order valence-electron chi connectivity index (χ0n) is 12.0. The molecule has 1 N–H and O–H groups in total. The van der Waals surface area contributed by atoms with Gasteiger partial charge in [0.15, 0.2) is 0 Å². The maximum Gasteiger partial charge on any atom is 0.0992 e. The molecular weight excluding hydrogens is 328 g/mol. The van der Waals surface area contributed by atoms with E-state index in [0.717, 1.165) is 21.3 Å². The molecule has 0 fully saturated rings. The van der Waals surface area contributed by atoms with Gasteiger partial charge in [-0.25, -0.2) is 0 Å². The molecule has 4 heteroatoms. The van der Waals surface area contributed by atoms with Gasteiger partial charge in [-0.05, 0) is 36.8 Å². The molecule has 3 nitrogen and oxygen atoms in total. The first-order valence-corrected chi connectivity index (χ1v) is 7.48. The molecule has 0 spiro atoms. The van der Waals surface area contributed by atoms with E-state index < -0.39 is 6.10 Å². The lowest BCUT2D eigenvalue weighted by Crippen LogP contribution is -2.18. The van der Waals surface area contributed by atoms with E-state index in [1.165, 1.54) is 0 Å². The van der Waals surface area contributed by atoms with Crippen LogP contribution in [0.4, 0.5) is 5.69 Å². The highest BCUT2D eigenvalue weighted by Gasteiger charge is 2.13. The molecule has 2 rings (SSSR count). The monoisotopic (exact) mass is 344 g/mol. The van der Waals surface area contributed by atoms with E-state index in [-0.39, 0.29) is 0 Å². The minimum Gasteiger partial charge on any atom is -0.389 e. The second kappa shape index (κ2) is 6.75. The number of halogens is 1. The summed E-state index contributed by atoms with van der Waals surface area (Å²) in [7, 11) is 1.96. The number of nitrogens with zero attached hydrogens (tertiary/aromatic N) is 2. The number of hydrogen-bond donors (Lipinski definition) is 1. The van der Waals surface area contributed by atoms with Crippen LogP contribution in [0.15, 0.2) is 46.9 Å². The molecule has 0 unspecified atom stereocenters. The lowest BCUT2D eigenvalue weighted by atomic mass is 10.0. The topological polar surface area (TPSA) is 47.3 Å². The van der Waals surface area contributed by atoms with Crippen molar-refractivity contribution in [2.75, 3.05) is 11.9 Å². The summed E-state index contributed by atoms with van der Waals surface area (Å²) in [6, 6.07) is 15.6. The van der Waals surface area contributed by atoms with Gasteiger partial charge in [0.05, 0.1) is 17.7 Å². The standard InChI is InChI=1S/C17H17BrN2O/c1-12(21)16-7-6-13(10-19)9-17(16)20(2)11-14-4-3-5-15(18)8-14/h3-9,12,21H,11H2,1-2H3/t12-/m0/s1. The van der Waals surface area contributed by atoms with E-state index in [9.17, 15) is 5.11 Å². The third-order valence-corrected chi connectivity index (χ3v) is 3.82. The van der Waals surface area contributed by atoms with E-state index in [0.29, 0.717) is 12.1 Å². The Morgan fingerprint density at radius 3 is 2.67 bits per heavy atom. The third kappa shape index (κ3) is 3.84. The summed E-state index contributed by atoms with van der Waals surface area (Å²) in [5.41, 5.74) is 3.46. The summed E-state index contributed by atoms with van der Waals surface area (Å²) in [6.45, 7) is 2.44. The van der Waals surface area contributed by atoms with Crippen LogP contribution >= 0.6 is 15.9 Å². The van der Waals surface area contributed by atoms with E-state index >= 15 is 0 Å². The van der Waals surface area contributed by atoms with E-state index in [2.05, 4.69) is 34.1 Å². The third-order valence-electron chi connectivity index (χ3n) is 3.33. The summed E-state index contributed by atoms with van der Waals surface area (Å²) in [5, 5.41) is 19.0. The first-order chi connectivity index (χ1) is 10.0. The summed E-state index contributed by atoms with van der Waals surface area (Å²) < 4.78 is 1.04. The van der Waals surface area contributed by atoms with Crippen LogP contribution in [0.1, 0.15) is 29.7 Å². The second-order valence-corrected chi connectivity index (χ2v) is 5.96. The fraction of sp³-hybridized carbons (Fsp3) is 0.235. The molecule has 0 saturated heterocycles. The molecular formula is C17H17BrN2O. The van der Waals surface area contributed by atoms with Gasteiger partial charge in [0.25, 0.3) is 0 Å². The molecule has 0 radical (unpaired) electrons. The molecule has 1 atom stereocenters. The molecule has 21 heavy (non-hydrogen) atoms. The Bertz CT molecular complexity index is 677. The van der Waals surface area contributed by atoms with Crippen LogP contribution in [0, 0.1) is 11.3 Å². The predicted octanol–water partition coefficient (Wildman–Crippen LogP) is 4.01. The highest BCUT2D eigenvalue weighted by Crippen LogP contribution is 2.28. The average Bonchev–Trinajstić information content (AvgIpc) is 2.46. The average molecular weight is 345 g/mol. The van der Waals surface area contributed by atoms with Crippen LogP contribution in [0.3, 0.4) is 0 Å². The molecule has 0 heterocycles. The highest BCUT2D eigenvalue weighted by atomic mass is 79.9. The molecule has 0 aliphatic heterocycles. The normalized spacial score (nSPS) is 11.8. The summed E-state index contributed by atoms with van der Waals surface area (Å²) in [4.78, 5) is 2.05. The van der Waals surface area contributed by atoms with Crippen LogP contribution < -0.4 is 4.90 Å².